The third-order valence-electron chi connectivity index (χ3n) is 7.17. The molecule has 5 rings (SSSR count). The van der Waals surface area contributed by atoms with E-state index in [0.29, 0.717) is 5.54 Å². The number of hydrogen-bond acceptors (Lipinski definition) is 2. The Morgan fingerprint density at radius 2 is 1.56 bits per heavy atom. The Kier molecular flexibility index (Phi) is 7.32. The van der Waals surface area contributed by atoms with Crippen LogP contribution in [0.4, 0.5) is 0 Å². The Hall–Kier alpha value is -0.190. The summed E-state index contributed by atoms with van der Waals surface area (Å²) in [4.78, 5) is 9.68. The maximum Gasteiger partial charge on any atom is 0.191 e. The molecule has 5 fully saturated rings. The third kappa shape index (κ3) is 4.39. The fraction of sp³-hybridized carbons (Fsp3) is 0.947. The minimum absolute atomic E-state index is 0. The number of nitrogens with two attached hydrogens (primary N) is 1. The largest absolute Gasteiger partial charge is 0.370 e. The highest BCUT2D eigenvalue weighted by atomic mass is 35.5. The Morgan fingerprint density at radius 1 is 1.04 bits per heavy atom. The quantitative estimate of drug-likeness (QED) is 0.443. The van der Waals surface area contributed by atoms with Crippen LogP contribution in [-0.2, 0) is 0 Å². The first kappa shape index (κ1) is 21.1. The van der Waals surface area contributed by atoms with Crippen LogP contribution in [0.3, 0.4) is 0 Å². The monoisotopic (exact) mass is 390 g/mol. The second kappa shape index (κ2) is 8.67. The Morgan fingerprint density at radius 3 is 2.08 bits per heavy atom. The van der Waals surface area contributed by atoms with Gasteiger partial charge in [0, 0.05) is 19.1 Å². The van der Waals surface area contributed by atoms with E-state index in [4.69, 9.17) is 10.7 Å². The van der Waals surface area contributed by atoms with Crippen LogP contribution in [0.5, 0.6) is 0 Å². The van der Waals surface area contributed by atoms with Crippen molar-refractivity contribution in [2.24, 2.45) is 28.5 Å². The van der Waals surface area contributed by atoms with Crippen LogP contribution in [0.2, 0.25) is 0 Å². The molecule has 5 aliphatic rings. The first-order chi connectivity index (χ1) is 11.1. The molecule has 4 bridgehead atoms. The Labute approximate surface area is 165 Å². The third-order valence-corrected chi connectivity index (χ3v) is 7.17. The number of hydrogen-bond donors (Lipinski definition) is 1. The normalized spacial score (nSPS) is 36.8. The molecule has 1 aliphatic heterocycles. The van der Waals surface area contributed by atoms with Gasteiger partial charge in [-0.15, -0.1) is 24.8 Å². The van der Waals surface area contributed by atoms with Gasteiger partial charge in [0.15, 0.2) is 5.96 Å². The van der Waals surface area contributed by atoms with Crippen LogP contribution in [0.1, 0.15) is 57.8 Å². The van der Waals surface area contributed by atoms with Crippen molar-refractivity contribution >= 4 is 30.8 Å². The minimum atomic E-state index is 0. The Balaban J connectivity index is 0.00000113. The summed E-state index contributed by atoms with van der Waals surface area (Å²) in [6.07, 6.45) is 12.4. The molecule has 0 aromatic rings. The molecule has 4 saturated carbocycles. The van der Waals surface area contributed by atoms with Gasteiger partial charge in [-0.1, -0.05) is 0 Å². The summed E-state index contributed by atoms with van der Waals surface area (Å²) in [5.41, 5.74) is 6.74. The summed E-state index contributed by atoms with van der Waals surface area (Å²) in [7, 11) is 2.21. The molecule has 25 heavy (non-hydrogen) atoms. The van der Waals surface area contributed by atoms with Crippen LogP contribution in [-0.4, -0.2) is 54.5 Å². The van der Waals surface area contributed by atoms with Crippen molar-refractivity contribution in [1.82, 2.24) is 9.80 Å². The number of rotatable bonds is 5. The molecule has 6 heteroatoms. The fourth-order valence-corrected chi connectivity index (χ4v) is 6.32. The molecule has 0 spiro atoms. The predicted molar refractivity (Wildman–Crippen MR) is 110 cm³/mol. The van der Waals surface area contributed by atoms with Crippen molar-refractivity contribution < 1.29 is 0 Å². The SMILES string of the molecule is CN(C(N)=NCCCN1CCCC1)C12CC3CC(CC(C3)C1)C2.Cl.Cl. The van der Waals surface area contributed by atoms with Gasteiger partial charge in [-0.3, -0.25) is 4.99 Å². The molecule has 1 heterocycles. The highest BCUT2D eigenvalue weighted by Crippen LogP contribution is 2.57. The number of halogens is 2. The summed E-state index contributed by atoms with van der Waals surface area (Å²) in [5.74, 6) is 3.69. The van der Waals surface area contributed by atoms with Gasteiger partial charge in [0.2, 0.25) is 0 Å². The molecule has 0 radical (unpaired) electrons. The van der Waals surface area contributed by atoms with E-state index < -0.39 is 0 Å². The van der Waals surface area contributed by atoms with E-state index in [1.165, 1.54) is 71.0 Å². The highest BCUT2D eigenvalue weighted by molar-refractivity contribution is 5.85. The molecular weight excluding hydrogens is 355 g/mol. The molecule has 4 nitrogen and oxygen atoms in total. The van der Waals surface area contributed by atoms with Crippen molar-refractivity contribution in [3.63, 3.8) is 0 Å². The average molecular weight is 391 g/mol. The van der Waals surface area contributed by atoms with E-state index in [0.717, 1.165) is 36.7 Å². The zero-order valence-electron chi connectivity index (χ0n) is 15.7. The molecular formula is C19H36Cl2N4. The van der Waals surface area contributed by atoms with Gasteiger partial charge >= 0.3 is 0 Å². The lowest BCUT2D eigenvalue weighted by Gasteiger charge is -2.60. The molecule has 2 N–H and O–H groups in total. The lowest BCUT2D eigenvalue weighted by molar-refractivity contribution is -0.0550. The summed E-state index contributed by atoms with van der Waals surface area (Å²) in [5, 5.41) is 0. The molecule has 0 unspecified atom stereocenters. The molecule has 0 aromatic carbocycles. The number of guanidine groups is 1. The summed E-state index contributed by atoms with van der Waals surface area (Å²) in [6.45, 7) is 4.65. The lowest BCUT2D eigenvalue weighted by atomic mass is 9.52. The molecule has 4 aliphatic carbocycles. The maximum atomic E-state index is 6.40. The van der Waals surface area contributed by atoms with E-state index in [1.54, 1.807) is 0 Å². The van der Waals surface area contributed by atoms with Crippen LogP contribution in [0.25, 0.3) is 0 Å². The topological polar surface area (TPSA) is 44.9 Å². The number of aliphatic imine (C=N–C) groups is 1. The smallest absolute Gasteiger partial charge is 0.191 e. The second-order valence-electron chi connectivity index (χ2n) is 8.84. The first-order valence-corrected chi connectivity index (χ1v) is 9.91. The van der Waals surface area contributed by atoms with Gasteiger partial charge in [-0.25, -0.2) is 0 Å². The van der Waals surface area contributed by atoms with Crippen molar-refractivity contribution in [1.29, 1.82) is 0 Å². The summed E-state index contributed by atoms with van der Waals surface area (Å²) >= 11 is 0. The van der Waals surface area contributed by atoms with Crippen molar-refractivity contribution in [2.75, 3.05) is 33.2 Å². The number of nitrogens with zero attached hydrogens (tertiary/aromatic N) is 3. The van der Waals surface area contributed by atoms with E-state index in [1.807, 2.05) is 0 Å². The van der Waals surface area contributed by atoms with Gasteiger partial charge in [0.05, 0.1) is 0 Å². The van der Waals surface area contributed by atoms with Gasteiger partial charge < -0.3 is 15.5 Å². The molecule has 0 atom stereocenters. The van der Waals surface area contributed by atoms with Gasteiger partial charge in [-0.05, 0) is 95.2 Å². The minimum Gasteiger partial charge on any atom is -0.370 e. The van der Waals surface area contributed by atoms with Crippen LogP contribution >= 0.6 is 24.8 Å². The van der Waals surface area contributed by atoms with Crippen LogP contribution in [0.15, 0.2) is 4.99 Å². The molecule has 1 saturated heterocycles. The first-order valence-electron chi connectivity index (χ1n) is 9.91. The predicted octanol–water partition coefficient (Wildman–Crippen LogP) is 3.53. The molecule has 0 aromatic heterocycles. The Bertz CT molecular complexity index is 427. The fourth-order valence-electron chi connectivity index (χ4n) is 6.32. The zero-order valence-corrected chi connectivity index (χ0v) is 17.3. The zero-order chi connectivity index (χ0) is 15.9. The molecule has 146 valence electrons. The lowest BCUT2D eigenvalue weighted by Crippen LogP contribution is -2.61. The van der Waals surface area contributed by atoms with Gasteiger partial charge in [-0.2, -0.15) is 0 Å². The highest BCUT2D eigenvalue weighted by Gasteiger charge is 2.53. The van der Waals surface area contributed by atoms with E-state index in [9.17, 15) is 0 Å². The van der Waals surface area contributed by atoms with Crippen molar-refractivity contribution in [3.8, 4) is 0 Å². The van der Waals surface area contributed by atoms with Crippen LogP contribution in [0, 0.1) is 17.8 Å². The molecule has 0 amide bonds. The maximum absolute atomic E-state index is 6.40. The second-order valence-corrected chi connectivity index (χ2v) is 8.84. The van der Waals surface area contributed by atoms with Gasteiger partial charge in [0.1, 0.15) is 0 Å². The van der Waals surface area contributed by atoms with E-state index in [2.05, 4.69) is 16.8 Å². The summed E-state index contributed by atoms with van der Waals surface area (Å²) in [6, 6.07) is 0. The van der Waals surface area contributed by atoms with Crippen molar-refractivity contribution in [2.45, 2.75) is 63.3 Å². The van der Waals surface area contributed by atoms with Crippen molar-refractivity contribution in [3.05, 3.63) is 0 Å². The average Bonchev–Trinajstić information content (AvgIpc) is 3.02. The summed E-state index contributed by atoms with van der Waals surface area (Å²) < 4.78 is 0. The van der Waals surface area contributed by atoms with Gasteiger partial charge in [0.25, 0.3) is 0 Å². The standard InChI is InChI=1S/C19H34N4.2ClH/c1-22(18(20)21-5-4-8-23-6-2-3-7-23)19-12-15-9-16(13-19)11-17(10-15)14-19;;/h15-17H,2-14H2,1H3,(H2,20,21);2*1H. The number of likely N-dealkylation sites (tertiary alicyclic amines) is 1. The van der Waals surface area contributed by atoms with E-state index >= 15 is 0 Å². The van der Waals surface area contributed by atoms with Crippen LogP contribution < -0.4 is 5.73 Å². The van der Waals surface area contributed by atoms with E-state index in [-0.39, 0.29) is 24.8 Å².